The van der Waals surface area contributed by atoms with Gasteiger partial charge in [-0.05, 0) is 12.5 Å². The average molecular weight is 462 g/mol. The van der Waals surface area contributed by atoms with Crippen molar-refractivity contribution in [3.63, 3.8) is 0 Å². The van der Waals surface area contributed by atoms with E-state index in [1.165, 1.54) is 21.9 Å². The van der Waals surface area contributed by atoms with E-state index >= 15 is 0 Å². The Hall–Kier alpha value is -3.57. The molecular weight excluding hydrogens is 438 g/mol. The van der Waals surface area contributed by atoms with E-state index in [1.54, 1.807) is 12.1 Å². The fourth-order valence-corrected chi connectivity index (χ4v) is 5.08. The molecule has 0 radical (unpaired) electrons. The van der Waals surface area contributed by atoms with Crippen molar-refractivity contribution in [1.82, 2.24) is 19.4 Å². The SMILES string of the molecule is Nc1cc(N2C[C@H]3C[C@@H](C2)[C@H](C(=O)N2CCC(F)(F)C2)n2c3cccc2=O)ncn1.O=CO. The third kappa shape index (κ3) is 4.37. The van der Waals surface area contributed by atoms with E-state index < -0.39 is 24.4 Å². The number of nitrogens with zero attached hydrogens (tertiary/aromatic N) is 5. The Balaban J connectivity index is 0.000000821. The van der Waals surface area contributed by atoms with Gasteiger partial charge in [0.15, 0.2) is 0 Å². The number of carbonyl (C=O) groups is 2. The van der Waals surface area contributed by atoms with Crippen LogP contribution in [0.2, 0.25) is 0 Å². The second kappa shape index (κ2) is 8.75. The molecule has 3 aliphatic rings. The molecule has 2 aromatic rings. The lowest BCUT2D eigenvalue weighted by Gasteiger charge is -2.47. The number of halogens is 2. The third-order valence-electron chi connectivity index (χ3n) is 6.38. The lowest BCUT2D eigenvalue weighted by atomic mass is 9.78. The molecule has 10 nitrogen and oxygen atoms in total. The van der Waals surface area contributed by atoms with Crippen molar-refractivity contribution in [3.8, 4) is 0 Å². The van der Waals surface area contributed by atoms with E-state index in [1.807, 2.05) is 11.0 Å². The Morgan fingerprint density at radius 2 is 2.03 bits per heavy atom. The summed E-state index contributed by atoms with van der Waals surface area (Å²) in [6.07, 6.45) is 1.76. The van der Waals surface area contributed by atoms with Gasteiger partial charge in [-0.25, -0.2) is 18.7 Å². The third-order valence-corrected chi connectivity index (χ3v) is 6.38. The van der Waals surface area contributed by atoms with Gasteiger partial charge in [0.1, 0.15) is 24.0 Å². The highest BCUT2D eigenvalue weighted by atomic mass is 19.3. The number of nitrogens with two attached hydrogens (primary N) is 1. The Morgan fingerprint density at radius 1 is 1.27 bits per heavy atom. The van der Waals surface area contributed by atoms with Crippen LogP contribution in [0.15, 0.2) is 35.4 Å². The minimum atomic E-state index is -2.88. The number of likely N-dealkylation sites (tertiary alicyclic amines) is 1. The molecule has 33 heavy (non-hydrogen) atoms. The molecule has 3 aliphatic heterocycles. The molecule has 5 heterocycles. The molecule has 2 fully saturated rings. The number of hydrogen-bond donors (Lipinski definition) is 2. The molecule has 176 valence electrons. The van der Waals surface area contributed by atoms with Gasteiger partial charge >= 0.3 is 0 Å². The molecule has 2 aromatic heterocycles. The lowest BCUT2D eigenvalue weighted by molar-refractivity contribution is -0.138. The van der Waals surface area contributed by atoms with Crippen molar-refractivity contribution in [2.24, 2.45) is 5.92 Å². The van der Waals surface area contributed by atoms with Crippen molar-refractivity contribution in [3.05, 3.63) is 46.6 Å². The number of nitrogen functional groups attached to an aromatic ring is 1. The molecule has 0 aromatic carbocycles. The molecule has 0 aliphatic carbocycles. The zero-order valence-corrected chi connectivity index (χ0v) is 17.7. The number of fused-ring (bicyclic) bond motifs is 4. The highest BCUT2D eigenvalue weighted by molar-refractivity contribution is 5.82. The zero-order chi connectivity index (χ0) is 23.8. The smallest absolute Gasteiger partial charge is 0.290 e. The molecule has 1 amide bonds. The number of pyridine rings is 1. The van der Waals surface area contributed by atoms with E-state index in [0.717, 1.165) is 5.69 Å². The summed E-state index contributed by atoms with van der Waals surface area (Å²) < 4.78 is 29.1. The van der Waals surface area contributed by atoms with Crippen LogP contribution in [0.3, 0.4) is 0 Å². The first kappa shape index (κ1) is 22.6. The maximum Gasteiger partial charge on any atom is 0.290 e. The van der Waals surface area contributed by atoms with E-state index in [4.69, 9.17) is 15.6 Å². The number of hydrogen-bond acceptors (Lipinski definition) is 7. The number of carboxylic acid groups (broad SMARTS) is 1. The summed E-state index contributed by atoms with van der Waals surface area (Å²) in [5.41, 5.74) is 6.29. The topological polar surface area (TPSA) is 135 Å². The average Bonchev–Trinajstić information content (AvgIpc) is 3.14. The molecule has 0 spiro atoms. The zero-order valence-electron chi connectivity index (χ0n) is 17.7. The lowest BCUT2D eigenvalue weighted by Crippen LogP contribution is -2.54. The first-order valence-corrected chi connectivity index (χ1v) is 10.5. The predicted molar refractivity (Wildman–Crippen MR) is 114 cm³/mol. The van der Waals surface area contributed by atoms with Gasteiger partial charge in [0.2, 0.25) is 5.91 Å². The van der Waals surface area contributed by atoms with Crippen LogP contribution < -0.4 is 16.2 Å². The summed E-state index contributed by atoms with van der Waals surface area (Å²) in [6.45, 7) is 0.261. The van der Waals surface area contributed by atoms with Gasteiger partial charge in [0.05, 0.1) is 6.54 Å². The number of amides is 1. The first-order valence-electron chi connectivity index (χ1n) is 10.5. The molecule has 3 N–H and O–H groups in total. The Labute approximate surface area is 187 Å². The van der Waals surface area contributed by atoms with Crippen LogP contribution >= 0.6 is 0 Å². The summed E-state index contributed by atoms with van der Waals surface area (Å²) in [6, 6.07) is 5.82. The molecule has 5 rings (SSSR count). The maximum absolute atomic E-state index is 13.8. The van der Waals surface area contributed by atoms with Gasteiger partial charge in [-0.15, -0.1) is 0 Å². The van der Waals surface area contributed by atoms with Gasteiger partial charge in [-0.3, -0.25) is 19.0 Å². The summed E-state index contributed by atoms with van der Waals surface area (Å²) in [4.78, 5) is 45.9. The second-order valence-electron chi connectivity index (χ2n) is 8.47. The van der Waals surface area contributed by atoms with E-state index in [9.17, 15) is 18.4 Å². The van der Waals surface area contributed by atoms with Gasteiger partial charge in [0.25, 0.3) is 18.0 Å². The van der Waals surface area contributed by atoms with Crippen LogP contribution in [0.1, 0.15) is 30.5 Å². The number of aromatic nitrogens is 3. The van der Waals surface area contributed by atoms with E-state index in [2.05, 4.69) is 9.97 Å². The highest BCUT2D eigenvalue weighted by Crippen LogP contribution is 2.43. The summed E-state index contributed by atoms with van der Waals surface area (Å²) in [5, 5.41) is 6.89. The number of piperidine rings is 1. The van der Waals surface area contributed by atoms with Crippen molar-refractivity contribution in [2.45, 2.75) is 30.7 Å². The Morgan fingerprint density at radius 3 is 2.70 bits per heavy atom. The molecule has 0 unspecified atom stereocenters. The largest absolute Gasteiger partial charge is 0.483 e. The van der Waals surface area contributed by atoms with E-state index in [0.29, 0.717) is 31.1 Å². The number of alkyl halides is 2. The minimum absolute atomic E-state index is 0.00155. The van der Waals surface area contributed by atoms with Crippen LogP contribution in [0.5, 0.6) is 0 Å². The second-order valence-corrected chi connectivity index (χ2v) is 8.47. The standard InChI is InChI=1S/C20H22F2N6O2.CH2O2/c21-20(22)4-5-26(10-20)19(30)18-13-6-12(14-2-1-3-17(29)28(14)18)8-27(9-13)16-7-15(23)24-11-25-16;2-1-3/h1-3,7,11-13,18H,4-6,8-10H2,(H2,23,24,25);1H,(H,2,3)/t12-,13+,18-;/m1./s1. The number of rotatable bonds is 2. The molecule has 3 atom stereocenters. The summed E-state index contributed by atoms with van der Waals surface area (Å²) in [5.74, 6) is -2.46. The van der Waals surface area contributed by atoms with Crippen LogP contribution in [-0.4, -0.2) is 69.0 Å². The van der Waals surface area contributed by atoms with Crippen molar-refractivity contribution < 1.29 is 23.5 Å². The van der Waals surface area contributed by atoms with Crippen LogP contribution in [0.4, 0.5) is 20.4 Å². The van der Waals surface area contributed by atoms with Crippen LogP contribution in [0.25, 0.3) is 0 Å². The summed E-state index contributed by atoms with van der Waals surface area (Å²) >= 11 is 0. The predicted octanol–water partition coefficient (Wildman–Crippen LogP) is 0.954. The fraction of sp³-hybridized carbons (Fsp3) is 0.476. The Kier molecular flexibility index (Phi) is 6.00. The van der Waals surface area contributed by atoms with Crippen LogP contribution in [-0.2, 0) is 9.59 Å². The van der Waals surface area contributed by atoms with Gasteiger partial charge < -0.3 is 20.6 Å². The quantitative estimate of drug-likeness (QED) is 0.630. The van der Waals surface area contributed by atoms with E-state index in [-0.39, 0.29) is 36.8 Å². The van der Waals surface area contributed by atoms with Gasteiger partial charge in [-0.1, -0.05) is 6.07 Å². The number of carbonyl (C=O) groups excluding carboxylic acids is 1. The van der Waals surface area contributed by atoms with Crippen LogP contribution in [0, 0.1) is 5.92 Å². The normalized spacial score (nSPS) is 25.0. The van der Waals surface area contributed by atoms with Crippen molar-refractivity contribution in [1.29, 1.82) is 0 Å². The van der Waals surface area contributed by atoms with Gasteiger partial charge in [0, 0.05) is 55.7 Å². The molecule has 2 saturated heterocycles. The number of anilines is 2. The monoisotopic (exact) mass is 462 g/mol. The first-order chi connectivity index (χ1) is 15.7. The molecule has 2 bridgehead atoms. The van der Waals surface area contributed by atoms with Gasteiger partial charge in [-0.2, -0.15) is 0 Å². The molecular formula is C21H24F2N6O4. The minimum Gasteiger partial charge on any atom is -0.483 e. The molecule has 0 saturated carbocycles. The highest BCUT2D eigenvalue weighted by Gasteiger charge is 2.48. The molecule has 12 heteroatoms. The van der Waals surface area contributed by atoms with Crippen molar-refractivity contribution >= 4 is 24.0 Å². The summed E-state index contributed by atoms with van der Waals surface area (Å²) in [7, 11) is 0. The Bertz CT molecular complexity index is 1110. The maximum atomic E-state index is 13.8. The fourth-order valence-electron chi connectivity index (χ4n) is 5.08. The van der Waals surface area contributed by atoms with Crippen molar-refractivity contribution in [2.75, 3.05) is 36.8 Å².